The number of esters is 3. The number of ether oxygens (including phenoxy) is 5. The second-order valence-electron chi connectivity index (χ2n) is 14.1. The monoisotopic (exact) mass is 624 g/mol. The maximum atomic E-state index is 13.9. The van der Waals surface area contributed by atoms with E-state index in [9.17, 15) is 24.3 Å². The minimum absolute atomic E-state index is 0.139. The van der Waals surface area contributed by atoms with Gasteiger partial charge in [-0.15, -0.1) is 0 Å². The van der Waals surface area contributed by atoms with Crippen LogP contribution in [0.15, 0.2) is 47.3 Å². The number of allylic oxidation sites excluding steroid dienone is 1. The summed E-state index contributed by atoms with van der Waals surface area (Å²) in [5.41, 5.74) is -2.08. The molecule has 2 saturated carbocycles. The molecule has 244 valence electrons. The molecule has 11 unspecified atom stereocenters. The number of aliphatic hydroxyl groups is 1. The van der Waals surface area contributed by atoms with E-state index in [-0.39, 0.29) is 23.6 Å². The van der Waals surface area contributed by atoms with Gasteiger partial charge in [-0.25, -0.2) is 9.59 Å². The van der Waals surface area contributed by atoms with E-state index in [0.29, 0.717) is 37.9 Å². The lowest BCUT2D eigenvalue weighted by atomic mass is 9.42. The van der Waals surface area contributed by atoms with Crippen LogP contribution in [0, 0.1) is 28.6 Å². The SMILES string of the molecule is CCOC=CC(=O)OC1C=CC(=O)C2(C)C3CCC4(C)C(C(C)C5CC(C)=C(C)C(=O)O5)=CC(OC(C)=O)C4(O)C3CC3OC132. The van der Waals surface area contributed by atoms with Crippen LogP contribution in [0.4, 0.5) is 0 Å². The Hall–Kier alpha value is -3.24. The first-order valence-electron chi connectivity index (χ1n) is 16.0. The third-order valence-electron chi connectivity index (χ3n) is 12.2. The van der Waals surface area contributed by atoms with Crippen LogP contribution in [0.2, 0.25) is 0 Å². The van der Waals surface area contributed by atoms with Crippen molar-refractivity contribution in [3.63, 3.8) is 0 Å². The number of hydrogen-bond acceptors (Lipinski definition) is 10. The van der Waals surface area contributed by atoms with E-state index in [1.165, 1.54) is 25.3 Å². The smallest absolute Gasteiger partial charge is 0.334 e. The molecule has 6 aliphatic rings. The van der Waals surface area contributed by atoms with Gasteiger partial charge in [0.05, 0.1) is 30.5 Å². The average Bonchev–Trinajstić information content (AvgIpc) is 3.67. The Morgan fingerprint density at radius 1 is 1.16 bits per heavy atom. The molecule has 3 fully saturated rings. The van der Waals surface area contributed by atoms with Crippen molar-refractivity contribution < 1.29 is 48.0 Å². The summed E-state index contributed by atoms with van der Waals surface area (Å²) < 4.78 is 29.1. The highest BCUT2D eigenvalue weighted by Crippen LogP contribution is 2.74. The Balaban J connectivity index is 1.35. The predicted octanol–water partition coefficient (Wildman–Crippen LogP) is 4.06. The van der Waals surface area contributed by atoms with Crippen LogP contribution in [0.25, 0.3) is 0 Å². The van der Waals surface area contributed by atoms with Gasteiger partial charge < -0.3 is 28.8 Å². The van der Waals surface area contributed by atoms with Gasteiger partial charge in [-0.3, -0.25) is 9.59 Å². The minimum Gasteiger partial charge on any atom is -0.501 e. The van der Waals surface area contributed by atoms with Crippen molar-refractivity contribution in [2.24, 2.45) is 28.6 Å². The van der Waals surface area contributed by atoms with Gasteiger partial charge in [0, 0.05) is 30.3 Å². The van der Waals surface area contributed by atoms with Gasteiger partial charge in [0.25, 0.3) is 0 Å². The molecule has 2 heterocycles. The first kappa shape index (κ1) is 31.7. The van der Waals surface area contributed by atoms with Crippen LogP contribution in [0.3, 0.4) is 0 Å². The highest BCUT2D eigenvalue weighted by molar-refractivity contribution is 5.98. The maximum absolute atomic E-state index is 13.9. The van der Waals surface area contributed by atoms with Crippen molar-refractivity contribution in [3.05, 3.63) is 47.3 Å². The quantitative estimate of drug-likeness (QED) is 0.110. The third kappa shape index (κ3) is 4.27. The van der Waals surface area contributed by atoms with Crippen LogP contribution in [-0.2, 0) is 42.9 Å². The molecule has 2 aliphatic heterocycles. The molecule has 0 amide bonds. The number of carbonyl (C=O) groups is 4. The highest BCUT2D eigenvalue weighted by atomic mass is 16.7. The number of cyclic esters (lactones) is 1. The molecule has 1 saturated heterocycles. The van der Waals surface area contributed by atoms with Crippen LogP contribution in [0.5, 0.6) is 0 Å². The van der Waals surface area contributed by atoms with Crippen LogP contribution in [0.1, 0.15) is 74.1 Å². The number of ketones is 1. The summed E-state index contributed by atoms with van der Waals surface area (Å²) in [6, 6.07) is 0. The van der Waals surface area contributed by atoms with Crippen LogP contribution in [-0.4, -0.2) is 71.0 Å². The van der Waals surface area contributed by atoms with Gasteiger partial charge in [-0.1, -0.05) is 25.0 Å². The molecule has 0 aromatic rings. The van der Waals surface area contributed by atoms with Gasteiger partial charge >= 0.3 is 17.9 Å². The molecule has 11 atom stereocenters. The van der Waals surface area contributed by atoms with E-state index < -0.39 is 64.3 Å². The Morgan fingerprint density at radius 3 is 2.56 bits per heavy atom. The normalized spacial score (nSPS) is 43.8. The zero-order chi connectivity index (χ0) is 32.7. The molecule has 0 bridgehead atoms. The number of carbonyl (C=O) groups excluding carboxylic acids is 4. The molecule has 1 N–H and O–H groups in total. The van der Waals surface area contributed by atoms with Gasteiger partial charge in [0.1, 0.15) is 23.4 Å². The lowest BCUT2D eigenvalue weighted by molar-refractivity contribution is -0.225. The zero-order valence-electron chi connectivity index (χ0n) is 27.1. The Bertz CT molecular complexity index is 1460. The summed E-state index contributed by atoms with van der Waals surface area (Å²) in [6.07, 6.45) is 6.81. The zero-order valence-corrected chi connectivity index (χ0v) is 27.1. The number of rotatable bonds is 7. The Kier molecular flexibility index (Phi) is 7.51. The first-order valence-corrected chi connectivity index (χ1v) is 16.0. The van der Waals surface area contributed by atoms with E-state index in [1.807, 2.05) is 33.8 Å². The van der Waals surface area contributed by atoms with E-state index in [1.54, 1.807) is 19.9 Å². The summed E-state index contributed by atoms with van der Waals surface area (Å²) in [6.45, 7) is 13.1. The lowest BCUT2D eigenvalue weighted by Gasteiger charge is -2.61. The van der Waals surface area contributed by atoms with Gasteiger partial charge in [-0.05, 0) is 77.0 Å². The molecule has 6 rings (SSSR count). The Labute approximate surface area is 263 Å². The van der Waals surface area contributed by atoms with Crippen LogP contribution < -0.4 is 0 Å². The second kappa shape index (κ2) is 10.7. The summed E-state index contributed by atoms with van der Waals surface area (Å²) in [5, 5.41) is 13.1. The molecule has 0 aromatic carbocycles. The van der Waals surface area contributed by atoms with Crippen molar-refractivity contribution in [1.82, 2.24) is 0 Å². The maximum Gasteiger partial charge on any atom is 0.334 e. The topological polar surface area (TPSA) is 138 Å². The van der Waals surface area contributed by atoms with Crippen molar-refractivity contribution in [3.8, 4) is 0 Å². The van der Waals surface area contributed by atoms with E-state index in [2.05, 4.69) is 0 Å². The second-order valence-corrected chi connectivity index (χ2v) is 14.1. The average molecular weight is 625 g/mol. The Morgan fingerprint density at radius 2 is 1.89 bits per heavy atom. The predicted molar refractivity (Wildman–Crippen MR) is 160 cm³/mol. The number of epoxide rings is 1. The fraction of sp³-hybridized carbons (Fsp3) is 0.657. The van der Waals surface area contributed by atoms with Crippen molar-refractivity contribution >= 4 is 23.7 Å². The third-order valence-corrected chi connectivity index (χ3v) is 12.2. The summed E-state index contributed by atoms with van der Waals surface area (Å²) in [5.74, 6) is -2.70. The molecular formula is C35H44O10. The van der Waals surface area contributed by atoms with Gasteiger partial charge in [0.15, 0.2) is 11.9 Å². The lowest BCUT2D eigenvalue weighted by Crippen LogP contribution is -2.70. The largest absolute Gasteiger partial charge is 0.501 e. The molecule has 1 spiro atoms. The van der Waals surface area contributed by atoms with Gasteiger partial charge in [-0.2, -0.15) is 0 Å². The molecule has 10 heteroatoms. The van der Waals surface area contributed by atoms with Crippen LogP contribution >= 0.6 is 0 Å². The standard InChI is InChI=1S/C35H44O10/c1-8-41-14-12-30(38)44-27-10-9-26(37)33(7)22-11-13-32(6)23(20(4)25-15-18(2)19(3)31(39)43-25)16-28(42-21(5)36)34(32,40)24(22)17-29-35(27,33)45-29/h9-10,12,14,16,20,22,24-25,27-29,40H,8,11,13,15,17H2,1-7H3. The number of hydrogen-bond donors (Lipinski definition) is 1. The molecule has 10 nitrogen and oxygen atoms in total. The molecule has 4 aliphatic carbocycles. The van der Waals surface area contributed by atoms with E-state index >= 15 is 0 Å². The molecule has 0 radical (unpaired) electrons. The van der Waals surface area contributed by atoms with Crippen molar-refractivity contribution in [2.75, 3.05) is 6.61 Å². The summed E-state index contributed by atoms with van der Waals surface area (Å²) >= 11 is 0. The number of fused-ring (bicyclic) bond motifs is 4. The summed E-state index contributed by atoms with van der Waals surface area (Å²) in [4.78, 5) is 51.7. The fourth-order valence-corrected chi connectivity index (χ4v) is 9.61. The van der Waals surface area contributed by atoms with Gasteiger partial charge in [0.2, 0.25) is 0 Å². The molecule has 0 aromatic heterocycles. The fourth-order valence-electron chi connectivity index (χ4n) is 9.61. The van der Waals surface area contributed by atoms with E-state index in [4.69, 9.17) is 23.7 Å². The van der Waals surface area contributed by atoms with Crippen molar-refractivity contribution in [1.29, 1.82) is 0 Å². The minimum atomic E-state index is -1.56. The van der Waals surface area contributed by atoms with Crippen molar-refractivity contribution in [2.45, 2.75) is 110 Å². The first-order chi connectivity index (χ1) is 21.2. The molecule has 45 heavy (non-hydrogen) atoms. The highest BCUT2D eigenvalue weighted by Gasteiger charge is 2.83. The summed E-state index contributed by atoms with van der Waals surface area (Å²) in [7, 11) is 0. The van der Waals surface area contributed by atoms with E-state index in [0.717, 1.165) is 11.1 Å². The molecular weight excluding hydrogens is 580 g/mol.